The average molecular weight is 281 g/mol. The first-order valence-electron chi connectivity index (χ1n) is 4.48. The molecule has 0 saturated carbocycles. The van der Waals surface area contributed by atoms with Gasteiger partial charge in [0.05, 0.1) is 0 Å². The third kappa shape index (κ3) is 4.02. The summed E-state index contributed by atoms with van der Waals surface area (Å²) in [5.41, 5.74) is 0. The normalized spacial score (nSPS) is 12.5. The average Bonchev–Trinajstić information content (AvgIpc) is 2.00. The molecule has 0 aromatic carbocycles. The van der Waals surface area contributed by atoms with Crippen LogP contribution in [0.15, 0.2) is 0 Å². The summed E-state index contributed by atoms with van der Waals surface area (Å²) < 4.78 is 0.582. The molecule has 0 aliphatic carbocycles. The van der Waals surface area contributed by atoms with E-state index >= 15 is 0 Å². The summed E-state index contributed by atoms with van der Waals surface area (Å²) in [5.74, 6) is 0.814. The third-order valence-electron chi connectivity index (χ3n) is 2.35. The van der Waals surface area contributed by atoms with Gasteiger partial charge >= 0.3 is 85.2 Å². The molecule has 0 atom stereocenters. The summed E-state index contributed by atoms with van der Waals surface area (Å²) in [6.07, 6.45) is 3.92. The summed E-state index contributed by atoms with van der Waals surface area (Å²) in [6.45, 7) is 9.17. The zero-order valence-electron chi connectivity index (χ0n) is 8.08. The van der Waals surface area contributed by atoms with Crippen molar-refractivity contribution in [3.8, 4) is 0 Å². The molecular formula is C9H19ClSn. The van der Waals surface area contributed by atoms with Crippen molar-refractivity contribution in [2.45, 2.75) is 50.4 Å². The van der Waals surface area contributed by atoms with Gasteiger partial charge in [0.2, 0.25) is 0 Å². The number of rotatable bonds is 5. The molecule has 0 bridgehead atoms. The van der Waals surface area contributed by atoms with Crippen molar-refractivity contribution in [2.75, 3.05) is 0 Å². The van der Waals surface area contributed by atoms with E-state index in [2.05, 4.69) is 27.7 Å². The summed E-state index contributed by atoms with van der Waals surface area (Å²) in [5, 5.41) is 0. The van der Waals surface area contributed by atoms with Gasteiger partial charge < -0.3 is 0 Å². The Labute approximate surface area is 85.0 Å². The molecule has 0 aliphatic rings. The maximum absolute atomic E-state index is 6.14. The molecule has 0 heterocycles. The van der Waals surface area contributed by atoms with Gasteiger partial charge in [-0.3, -0.25) is 0 Å². The van der Waals surface area contributed by atoms with Crippen LogP contribution in [-0.4, -0.2) is 20.0 Å². The zero-order valence-corrected chi connectivity index (χ0v) is 11.7. The predicted octanol–water partition coefficient (Wildman–Crippen LogP) is 3.87. The first-order valence-corrected chi connectivity index (χ1v) is 9.52. The molecule has 0 aromatic rings. The first-order chi connectivity index (χ1) is 5.10. The standard InChI is InChI=1S/C9H19.ClH.Sn/c1-5-9(6-2)7-8(3)4;;/h8H,5-7H2,1-4H3;1H;/q;;+1/p-1. The van der Waals surface area contributed by atoms with Crippen LogP contribution >= 0.6 is 8.92 Å². The molecule has 0 nitrogen and oxygen atoms in total. The fraction of sp³-hybridized carbons (Fsp3) is 1.00. The number of halogens is 1. The molecule has 0 unspecified atom stereocenters. The topological polar surface area (TPSA) is 0 Å². The molecular weight excluding hydrogens is 262 g/mol. The Kier molecular flexibility index (Phi) is 6.25. The van der Waals surface area contributed by atoms with Gasteiger partial charge in [-0.25, -0.2) is 0 Å². The van der Waals surface area contributed by atoms with Crippen LogP contribution in [0.1, 0.15) is 47.0 Å². The van der Waals surface area contributed by atoms with Crippen LogP contribution in [0, 0.1) is 5.92 Å². The Balaban J connectivity index is 4.05. The molecule has 0 spiro atoms. The molecule has 0 aromatic heterocycles. The van der Waals surface area contributed by atoms with Crippen LogP contribution in [0.25, 0.3) is 0 Å². The monoisotopic (exact) mass is 282 g/mol. The van der Waals surface area contributed by atoms with E-state index in [1.165, 1.54) is 19.3 Å². The Hall–Kier alpha value is 1.09. The van der Waals surface area contributed by atoms with E-state index in [0.717, 1.165) is 5.92 Å². The second-order valence-electron chi connectivity index (χ2n) is 3.68. The van der Waals surface area contributed by atoms with Gasteiger partial charge in [-0.05, 0) is 0 Å². The summed E-state index contributed by atoms with van der Waals surface area (Å²) >= 11 is -0.611. The van der Waals surface area contributed by atoms with Crippen LogP contribution in [0.4, 0.5) is 0 Å². The van der Waals surface area contributed by atoms with Crippen LogP contribution in [-0.2, 0) is 0 Å². The van der Waals surface area contributed by atoms with Gasteiger partial charge in [-0.2, -0.15) is 0 Å². The van der Waals surface area contributed by atoms with E-state index in [4.69, 9.17) is 8.92 Å². The van der Waals surface area contributed by atoms with Crippen molar-refractivity contribution in [2.24, 2.45) is 5.92 Å². The van der Waals surface area contributed by atoms with E-state index in [9.17, 15) is 0 Å². The fourth-order valence-corrected chi connectivity index (χ4v) is 5.95. The fourth-order valence-electron chi connectivity index (χ4n) is 1.49. The molecule has 2 heteroatoms. The number of hydrogen-bond acceptors (Lipinski definition) is 0. The van der Waals surface area contributed by atoms with E-state index in [-0.39, 0.29) is 0 Å². The van der Waals surface area contributed by atoms with Crippen molar-refractivity contribution in [1.29, 1.82) is 0 Å². The Bertz CT molecular complexity index is 89.5. The SMILES string of the molecule is CC[C](CC)(CC(C)C)[Sn][Cl]. The molecule has 0 aliphatic heterocycles. The molecule has 11 heavy (non-hydrogen) atoms. The van der Waals surface area contributed by atoms with E-state index in [1.807, 2.05) is 0 Å². The minimum absolute atomic E-state index is 0.582. The Morgan fingerprint density at radius 1 is 1.27 bits per heavy atom. The summed E-state index contributed by atoms with van der Waals surface area (Å²) in [6, 6.07) is 0. The van der Waals surface area contributed by atoms with Crippen molar-refractivity contribution in [3.63, 3.8) is 0 Å². The summed E-state index contributed by atoms with van der Waals surface area (Å²) in [4.78, 5) is 0. The van der Waals surface area contributed by atoms with Crippen molar-refractivity contribution in [3.05, 3.63) is 0 Å². The van der Waals surface area contributed by atoms with Crippen LogP contribution in [0.2, 0.25) is 3.43 Å². The van der Waals surface area contributed by atoms with E-state index < -0.39 is 20.0 Å². The first kappa shape index (κ1) is 12.1. The van der Waals surface area contributed by atoms with Gasteiger partial charge in [0.15, 0.2) is 0 Å². The van der Waals surface area contributed by atoms with Gasteiger partial charge in [0, 0.05) is 0 Å². The molecule has 0 saturated heterocycles. The van der Waals surface area contributed by atoms with Crippen molar-refractivity contribution in [1.82, 2.24) is 0 Å². The quantitative estimate of drug-likeness (QED) is 0.671. The Morgan fingerprint density at radius 2 is 1.73 bits per heavy atom. The van der Waals surface area contributed by atoms with E-state index in [0.29, 0.717) is 3.43 Å². The molecule has 0 N–H and O–H groups in total. The maximum atomic E-state index is 6.14. The predicted molar refractivity (Wildman–Crippen MR) is 54.3 cm³/mol. The van der Waals surface area contributed by atoms with Crippen LogP contribution in [0.3, 0.4) is 0 Å². The minimum atomic E-state index is -0.611. The second kappa shape index (κ2) is 5.69. The van der Waals surface area contributed by atoms with Crippen LogP contribution < -0.4 is 0 Å². The van der Waals surface area contributed by atoms with E-state index in [1.54, 1.807) is 0 Å². The van der Waals surface area contributed by atoms with Gasteiger partial charge in [0.25, 0.3) is 0 Å². The molecule has 2 radical (unpaired) electrons. The van der Waals surface area contributed by atoms with Gasteiger partial charge in [-0.1, -0.05) is 0 Å². The molecule has 0 fully saturated rings. The third-order valence-corrected chi connectivity index (χ3v) is 8.79. The Morgan fingerprint density at radius 3 is 1.82 bits per heavy atom. The molecule has 0 amide bonds. The van der Waals surface area contributed by atoms with Gasteiger partial charge in [0.1, 0.15) is 0 Å². The summed E-state index contributed by atoms with van der Waals surface area (Å²) in [7, 11) is 6.14. The molecule has 66 valence electrons. The van der Waals surface area contributed by atoms with Crippen molar-refractivity contribution >= 4 is 28.9 Å². The van der Waals surface area contributed by atoms with Crippen molar-refractivity contribution < 1.29 is 0 Å². The van der Waals surface area contributed by atoms with Gasteiger partial charge in [-0.15, -0.1) is 0 Å². The second-order valence-corrected chi connectivity index (χ2v) is 8.51. The number of hydrogen-bond donors (Lipinski definition) is 0. The zero-order chi connectivity index (χ0) is 8.91. The molecule has 0 rings (SSSR count). The van der Waals surface area contributed by atoms with Crippen LogP contribution in [0.5, 0.6) is 0 Å².